The van der Waals surface area contributed by atoms with Crippen molar-refractivity contribution in [3.05, 3.63) is 59.9 Å². The van der Waals surface area contributed by atoms with Gasteiger partial charge in [-0.15, -0.1) is 0 Å². The lowest BCUT2D eigenvalue weighted by molar-refractivity contribution is 0.301. The number of hydrogen-bond acceptors (Lipinski definition) is 3. The van der Waals surface area contributed by atoms with Crippen LogP contribution in [0.2, 0.25) is 0 Å². The Morgan fingerprint density at radius 3 is 2.79 bits per heavy atom. The summed E-state index contributed by atoms with van der Waals surface area (Å²) in [7, 11) is 0. The third-order valence-corrected chi connectivity index (χ3v) is 4.24. The third-order valence-electron chi connectivity index (χ3n) is 4.24. The van der Waals surface area contributed by atoms with Crippen molar-refractivity contribution >= 4 is 11.0 Å². The van der Waals surface area contributed by atoms with E-state index in [1.807, 2.05) is 30.3 Å². The second-order valence-corrected chi connectivity index (χ2v) is 6.14. The molecule has 24 heavy (non-hydrogen) atoms. The molecule has 1 aromatic heterocycles. The number of rotatable bonds is 7. The molecular weight excluding hydrogens is 298 g/mol. The molecule has 0 bridgehead atoms. The van der Waals surface area contributed by atoms with Crippen molar-refractivity contribution in [2.75, 3.05) is 6.61 Å². The summed E-state index contributed by atoms with van der Waals surface area (Å²) in [6, 6.07) is 16.3. The van der Waals surface area contributed by atoms with Gasteiger partial charge in [0.15, 0.2) is 0 Å². The van der Waals surface area contributed by atoms with Gasteiger partial charge >= 0.3 is 0 Å². The molecule has 1 atom stereocenters. The van der Waals surface area contributed by atoms with Gasteiger partial charge in [-0.2, -0.15) is 0 Å². The van der Waals surface area contributed by atoms with Crippen LogP contribution in [-0.2, 0) is 6.54 Å². The van der Waals surface area contributed by atoms with Gasteiger partial charge in [0.1, 0.15) is 11.6 Å². The van der Waals surface area contributed by atoms with Crippen molar-refractivity contribution in [2.24, 2.45) is 5.73 Å². The molecule has 0 aliphatic rings. The first-order valence-electron chi connectivity index (χ1n) is 8.59. The maximum atomic E-state index is 6.26. The van der Waals surface area contributed by atoms with Gasteiger partial charge in [0.05, 0.1) is 23.7 Å². The van der Waals surface area contributed by atoms with Crippen LogP contribution in [-0.4, -0.2) is 16.2 Å². The first-order chi connectivity index (χ1) is 11.7. The van der Waals surface area contributed by atoms with Crippen LogP contribution < -0.4 is 10.5 Å². The highest BCUT2D eigenvalue weighted by atomic mass is 16.5. The fraction of sp³-hybridized carbons (Fsp3) is 0.350. The van der Waals surface area contributed by atoms with Gasteiger partial charge in [-0.1, -0.05) is 31.2 Å². The number of aryl methyl sites for hydroxylation is 2. The summed E-state index contributed by atoms with van der Waals surface area (Å²) in [4.78, 5) is 4.73. The maximum Gasteiger partial charge on any atom is 0.126 e. The molecule has 2 aromatic carbocycles. The van der Waals surface area contributed by atoms with Crippen LogP contribution in [0.1, 0.15) is 37.2 Å². The molecule has 0 amide bonds. The quantitative estimate of drug-likeness (QED) is 0.662. The Labute approximate surface area is 143 Å². The SMILES string of the molecule is CCC(N)c1nc2ccccc2n1CCCOc1cccc(C)c1. The van der Waals surface area contributed by atoms with Gasteiger partial charge in [-0.05, 0) is 49.6 Å². The zero-order chi connectivity index (χ0) is 16.9. The van der Waals surface area contributed by atoms with Crippen LogP contribution in [0.3, 0.4) is 0 Å². The van der Waals surface area contributed by atoms with Crippen molar-refractivity contribution in [1.82, 2.24) is 9.55 Å². The minimum absolute atomic E-state index is 0.0323. The van der Waals surface area contributed by atoms with Crippen molar-refractivity contribution < 1.29 is 4.74 Å². The highest BCUT2D eigenvalue weighted by molar-refractivity contribution is 5.76. The Hall–Kier alpha value is -2.33. The number of nitrogens with zero attached hydrogens (tertiary/aromatic N) is 2. The van der Waals surface area contributed by atoms with E-state index in [2.05, 4.69) is 36.6 Å². The summed E-state index contributed by atoms with van der Waals surface area (Å²) in [5, 5.41) is 0. The van der Waals surface area contributed by atoms with Gasteiger partial charge in [-0.3, -0.25) is 0 Å². The van der Waals surface area contributed by atoms with Crippen LogP contribution in [0.5, 0.6) is 5.75 Å². The van der Waals surface area contributed by atoms with E-state index in [-0.39, 0.29) is 6.04 Å². The Morgan fingerprint density at radius 2 is 2.00 bits per heavy atom. The molecule has 126 valence electrons. The maximum absolute atomic E-state index is 6.26. The van der Waals surface area contributed by atoms with E-state index in [1.54, 1.807) is 0 Å². The second-order valence-electron chi connectivity index (χ2n) is 6.14. The summed E-state index contributed by atoms with van der Waals surface area (Å²) in [6.07, 6.45) is 1.79. The number of benzene rings is 2. The van der Waals surface area contributed by atoms with Crippen LogP contribution >= 0.6 is 0 Å². The Kier molecular flexibility index (Phi) is 5.16. The fourth-order valence-electron chi connectivity index (χ4n) is 2.91. The van der Waals surface area contributed by atoms with E-state index < -0.39 is 0 Å². The van der Waals surface area contributed by atoms with Gasteiger partial charge in [-0.25, -0.2) is 4.98 Å². The van der Waals surface area contributed by atoms with Crippen LogP contribution in [0.15, 0.2) is 48.5 Å². The minimum atomic E-state index is -0.0323. The molecule has 0 saturated carbocycles. The highest BCUT2D eigenvalue weighted by Gasteiger charge is 2.15. The third kappa shape index (κ3) is 3.60. The lowest BCUT2D eigenvalue weighted by Gasteiger charge is -2.14. The lowest BCUT2D eigenvalue weighted by Crippen LogP contribution is -2.17. The van der Waals surface area contributed by atoms with Crippen molar-refractivity contribution in [2.45, 2.75) is 39.3 Å². The number of fused-ring (bicyclic) bond motifs is 1. The first-order valence-corrected chi connectivity index (χ1v) is 8.59. The average molecular weight is 323 g/mol. The van der Waals surface area contributed by atoms with Gasteiger partial charge in [0, 0.05) is 6.54 Å². The van der Waals surface area contributed by atoms with Crippen molar-refractivity contribution in [3.8, 4) is 5.75 Å². The zero-order valence-electron chi connectivity index (χ0n) is 14.4. The molecular formula is C20H25N3O. The minimum Gasteiger partial charge on any atom is -0.494 e. The van der Waals surface area contributed by atoms with E-state index >= 15 is 0 Å². The molecule has 4 nitrogen and oxygen atoms in total. The Morgan fingerprint density at radius 1 is 1.17 bits per heavy atom. The molecule has 0 aliphatic carbocycles. The summed E-state index contributed by atoms with van der Waals surface area (Å²) < 4.78 is 8.10. The first kappa shape index (κ1) is 16.5. The standard InChI is InChI=1S/C20H25N3O/c1-3-17(21)20-22-18-10-4-5-11-19(18)23(20)12-7-13-24-16-9-6-8-15(2)14-16/h4-6,8-11,14,17H,3,7,12-13,21H2,1-2H3. The molecule has 4 heteroatoms. The molecule has 0 radical (unpaired) electrons. The molecule has 2 N–H and O–H groups in total. The Balaban J connectivity index is 1.70. The monoisotopic (exact) mass is 323 g/mol. The lowest BCUT2D eigenvalue weighted by atomic mass is 10.2. The second kappa shape index (κ2) is 7.49. The summed E-state index contributed by atoms with van der Waals surface area (Å²) in [5.74, 6) is 1.89. The van der Waals surface area contributed by atoms with Gasteiger partial charge < -0.3 is 15.0 Å². The number of ether oxygens (including phenoxy) is 1. The molecule has 0 aliphatic heterocycles. The van der Waals surface area contributed by atoms with Crippen LogP contribution in [0.25, 0.3) is 11.0 Å². The molecule has 3 rings (SSSR count). The number of hydrogen-bond donors (Lipinski definition) is 1. The molecule has 0 saturated heterocycles. The van der Waals surface area contributed by atoms with Gasteiger partial charge in [0.2, 0.25) is 0 Å². The van der Waals surface area contributed by atoms with Gasteiger partial charge in [0.25, 0.3) is 0 Å². The average Bonchev–Trinajstić information content (AvgIpc) is 2.97. The predicted octanol–water partition coefficient (Wildman–Crippen LogP) is 4.22. The summed E-state index contributed by atoms with van der Waals surface area (Å²) in [5.41, 5.74) is 9.62. The molecule has 1 unspecified atom stereocenters. The zero-order valence-corrected chi connectivity index (χ0v) is 14.4. The number of para-hydroxylation sites is 2. The number of imidazole rings is 1. The fourth-order valence-corrected chi connectivity index (χ4v) is 2.91. The molecule has 3 aromatic rings. The Bertz CT molecular complexity index is 810. The van der Waals surface area contributed by atoms with E-state index in [0.717, 1.165) is 42.0 Å². The smallest absolute Gasteiger partial charge is 0.126 e. The topological polar surface area (TPSA) is 53.1 Å². The van der Waals surface area contributed by atoms with E-state index in [4.69, 9.17) is 15.5 Å². The molecule has 0 fully saturated rings. The highest BCUT2D eigenvalue weighted by Crippen LogP contribution is 2.22. The summed E-state index contributed by atoms with van der Waals surface area (Å²) in [6.45, 7) is 5.70. The molecule has 1 heterocycles. The number of nitrogens with two attached hydrogens (primary N) is 1. The largest absolute Gasteiger partial charge is 0.494 e. The van der Waals surface area contributed by atoms with E-state index in [9.17, 15) is 0 Å². The number of aromatic nitrogens is 2. The van der Waals surface area contributed by atoms with Crippen molar-refractivity contribution in [3.63, 3.8) is 0 Å². The van der Waals surface area contributed by atoms with Crippen LogP contribution in [0.4, 0.5) is 0 Å². The predicted molar refractivity (Wildman–Crippen MR) is 98.2 cm³/mol. The normalized spacial score (nSPS) is 12.5. The van der Waals surface area contributed by atoms with E-state index in [0.29, 0.717) is 6.61 Å². The van der Waals surface area contributed by atoms with Crippen molar-refractivity contribution in [1.29, 1.82) is 0 Å². The molecule has 0 spiro atoms. The van der Waals surface area contributed by atoms with Crippen LogP contribution in [0, 0.1) is 6.92 Å². The summed E-state index contributed by atoms with van der Waals surface area (Å²) >= 11 is 0. The van der Waals surface area contributed by atoms with E-state index in [1.165, 1.54) is 5.56 Å².